The highest BCUT2D eigenvalue weighted by molar-refractivity contribution is 6.21. The van der Waals surface area contributed by atoms with E-state index >= 15 is 0 Å². The number of benzene rings is 1. The Morgan fingerprint density at radius 3 is 1.77 bits per heavy atom. The molecular formula is C21H20N2O8. The number of carbonyl (C=O) groups excluding carboxylic acids is 5. The van der Waals surface area contributed by atoms with Gasteiger partial charge in [-0.05, 0) is 26.0 Å². The lowest BCUT2D eigenvalue weighted by molar-refractivity contribution is -0.153. The summed E-state index contributed by atoms with van der Waals surface area (Å²) < 4.78 is 14.7. The van der Waals surface area contributed by atoms with Crippen LogP contribution in [-0.2, 0) is 28.6 Å². The fourth-order valence-electron chi connectivity index (χ4n) is 3.56. The third-order valence-electron chi connectivity index (χ3n) is 5.02. The van der Waals surface area contributed by atoms with Gasteiger partial charge in [-0.15, -0.1) is 0 Å². The van der Waals surface area contributed by atoms with Crippen molar-refractivity contribution < 1.29 is 38.2 Å². The molecule has 10 nitrogen and oxygen atoms in total. The van der Waals surface area contributed by atoms with Gasteiger partial charge in [-0.1, -0.05) is 12.1 Å². The molecule has 0 saturated carbocycles. The molecule has 2 amide bonds. The molecule has 2 heterocycles. The lowest BCUT2D eigenvalue weighted by Crippen LogP contribution is -2.40. The highest BCUT2D eigenvalue weighted by Crippen LogP contribution is 2.32. The minimum absolute atomic E-state index is 0.138. The first-order valence-electron chi connectivity index (χ1n) is 9.19. The topological polar surface area (TPSA) is 128 Å². The lowest BCUT2D eigenvalue weighted by Gasteiger charge is -2.28. The third kappa shape index (κ3) is 3.67. The largest absolute Gasteiger partial charge is 0.466 e. The van der Waals surface area contributed by atoms with Crippen LogP contribution in [0.1, 0.15) is 34.6 Å². The highest BCUT2D eigenvalue weighted by Gasteiger charge is 2.43. The summed E-state index contributed by atoms with van der Waals surface area (Å²) in [6, 6.07) is 6.21. The molecule has 10 heteroatoms. The van der Waals surface area contributed by atoms with Crippen LogP contribution >= 0.6 is 0 Å². The Kier molecular flexibility index (Phi) is 5.91. The molecule has 0 fully saturated rings. The zero-order valence-electron chi connectivity index (χ0n) is 17.3. The van der Waals surface area contributed by atoms with Crippen molar-refractivity contribution in [1.29, 1.82) is 0 Å². The van der Waals surface area contributed by atoms with Gasteiger partial charge in [-0.25, -0.2) is 14.5 Å². The fourth-order valence-corrected chi connectivity index (χ4v) is 3.56. The van der Waals surface area contributed by atoms with E-state index < -0.39 is 42.4 Å². The Bertz CT molecular complexity index is 996. The first-order chi connectivity index (χ1) is 14.7. The molecule has 0 unspecified atom stereocenters. The molecule has 0 aromatic heterocycles. The normalized spacial score (nSPS) is 16.2. The van der Waals surface area contributed by atoms with Crippen molar-refractivity contribution in [3.8, 4) is 0 Å². The van der Waals surface area contributed by atoms with E-state index in [0.717, 1.165) is 19.1 Å². The molecule has 1 aromatic rings. The van der Waals surface area contributed by atoms with Crippen molar-refractivity contribution in [3.63, 3.8) is 0 Å². The maximum Gasteiger partial charge on any atom is 0.336 e. The second-order valence-corrected chi connectivity index (χ2v) is 6.79. The van der Waals surface area contributed by atoms with Crippen molar-refractivity contribution in [1.82, 2.24) is 10.2 Å². The first kappa shape index (κ1) is 21.8. The summed E-state index contributed by atoms with van der Waals surface area (Å²) in [6.07, 6.45) is 0. The Balaban J connectivity index is 1.89. The summed E-state index contributed by atoms with van der Waals surface area (Å²) in [5.74, 6) is -5.39. The number of dihydropyridines is 1. The van der Waals surface area contributed by atoms with Gasteiger partial charge in [-0.3, -0.25) is 14.4 Å². The van der Waals surface area contributed by atoms with Crippen molar-refractivity contribution in [2.45, 2.75) is 13.8 Å². The average Bonchev–Trinajstić information content (AvgIpc) is 3.00. The number of allylic oxidation sites excluding steroid dienone is 2. The van der Waals surface area contributed by atoms with E-state index in [9.17, 15) is 24.0 Å². The number of methoxy groups -OCH3 is 2. The minimum Gasteiger partial charge on any atom is -0.466 e. The number of esters is 3. The van der Waals surface area contributed by atoms with Gasteiger partial charge in [0.1, 0.15) is 5.92 Å². The molecule has 0 spiro atoms. The molecule has 1 aromatic carbocycles. The Hall–Kier alpha value is -3.95. The van der Waals surface area contributed by atoms with Crippen molar-refractivity contribution >= 4 is 29.7 Å². The van der Waals surface area contributed by atoms with E-state index in [-0.39, 0.29) is 22.3 Å². The summed E-state index contributed by atoms with van der Waals surface area (Å²) in [5.41, 5.74) is 0.700. The maximum absolute atomic E-state index is 13.0. The number of amides is 2. The van der Waals surface area contributed by atoms with Crippen LogP contribution in [0, 0.1) is 5.92 Å². The quantitative estimate of drug-likeness (QED) is 0.413. The molecule has 0 aliphatic carbocycles. The van der Waals surface area contributed by atoms with E-state index in [1.54, 1.807) is 12.1 Å². The number of carbonyl (C=O) groups is 5. The lowest BCUT2D eigenvalue weighted by atomic mass is 9.85. The summed E-state index contributed by atoms with van der Waals surface area (Å²) >= 11 is 0. The summed E-state index contributed by atoms with van der Waals surface area (Å²) in [6.45, 7) is 2.39. The van der Waals surface area contributed by atoms with E-state index in [0.29, 0.717) is 11.4 Å². The molecule has 0 saturated heterocycles. The van der Waals surface area contributed by atoms with Gasteiger partial charge in [0.25, 0.3) is 11.8 Å². The van der Waals surface area contributed by atoms with Gasteiger partial charge < -0.3 is 19.5 Å². The van der Waals surface area contributed by atoms with Crippen LogP contribution in [0.4, 0.5) is 0 Å². The van der Waals surface area contributed by atoms with Crippen molar-refractivity contribution in [3.05, 3.63) is 57.9 Å². The smallest absolute Gasteiger partial charge is 0.336 e. The summed E-state index contributed by atoms with van der Waals surface area (Å²) in [4.78, 5) is 63.4. The Morgan fingerprint density at radius 1 is 0.903 bits per heavy atom. The van der Waals surface area contributed by atoms with Gasteiger partial charge >= 0.3 is 17.9 Å². The molecule has 31 heavy (non-hydrogen) atoms. The maximum atomic E-state index is 13.0. The molecule has 2 aliphatic heterocycles. The number of rotatable bonds is 5. The number of ether oxygens (including phenoxy) is 3. The predicted octanol–water partition coefficient (Wildman–Crippen LogP) is 0.897. The molecule has 0 atom stereocenters. The summed E-state index contributed by atoms with van der Waals surface area (Å²) in [5, 5.41) is 2.85. The van der Waals surface area contributed by atoms with E-state index in [1.807, 2.05) is 0 Å². The molecule has 162 valence electrons. The van der Waals surface area contributed by atoms with Crippen LogP contribution in [0.5, 0.6) is 0 Å². The van der Waals surface area contributed by atoms with E-state index in [2.05, 4.69) is 5.32 Å². The van der Waals surface area contributed by atoms with Crippen molar-refractivity contribution in [2.75, 3.05) is 21.0 Å². The molecule has 1 N–H and O–H groups in total. The highest BCUT2D eigenvalue weighted by atomic mass is 16.6. The first-order valence-corrected chi connectivity index (χ1v) is 9.19. The standard InChI is InChI=1S/C21H20N2O8/c1-10-14(19(26)29-3)16(15(11(2)22-10)20(27)30-4)21(28)31-9-23-17(24)12-7-5-6-8-13(12)18(23)25/h5-8,16,22H,9H2,1-4H3. The number of fused-ring (bicyclic) bond motifs is 1. The van der Waals surface area contributed by atoms with Gasteiger partial charge in [0, 0.05) is 11.4 Å². The van der Waals surface area contributed by atoms with Crippen LogP contribution in [0.3, 0.4) is 0 Å². The van der Waals surface area contributed by atoms with Gasteiger partial charge in [0.15, 0.2) is 6.73 Å². The monoisotopic (exact) mass is 428 g/mol. The SMILES string of the molecule is COC(=O)C1=C(C)NC(C)=C(C(=O)OC)C1C(=O)OCN1C(=O)c2ccccc2C1=O. The number of hydrogen-bond donors (Lipinski definition) is 1. The van der Waals surface area contributed by atoms with Crippen LogP contribution < -0.4 is 5.32 Å². The van der Waals surface area contributed by atoms with Gasteiger partial charge in [0.05, 0.1) is 36.5 Å². The molecule has 3 rings (SSSR count). The average molecular weight is 428 g/mol. The number of imide groups is 1. The fraction of sp³-hybridized carbons (Fsp3) is 0.286. The predicted molar refractivity (Wildman–Crippen MR) is 104 cm³/mol. The minimum atomic E-state index is -1.46. The number of nitrogens with one attached hydrogen (secondary N) is 1. The van der Waals surface area contributed by atoms with Gasteiger partial charge in [-0.2, -0.15) is 0 Å². The van der Waals surface area contributed by atoms with Crippen LogP contribution in [0.2, 0.25) is 0 Å². The summed E-state index contributed by atoms with van der Waals surface area (Å²) in [7, 11) is 2.26. The van der Waals surface area contributed by atoms with Crippen LogP contribution in [0.15, 0.2) is 46.8 Å². The van der Waals surface area contributed by atoms with E-state index in [4.69, 9.17) is 14.2 Å². The van der Waals surface area contributed by atoms with E-state index in [1.165, 1.54) is 26.0 Å². The zero-order valence-corrected chi connectivity index (χ0v) is 17.3. The van der Waals surface area contributed by atoms with Gasteiger partial charge in [0.2, 0.25) is 0 Å². The Labute approximate surface area is 177 Å². The van der Waals surface area contributed by atoms with Crippen LogP contribution in [0.25, 0.3) is 0 Å². The third-order valence-corrected chi connectivity index (χ3v) is 5.02. The molecule has 0 bridgehead atoms. The second-order valence-electron chi connectivity index (χ2n) is 6.79. The molecule has 2 aliphatic rings. The second kappa shape index (κ2) is 8.42. The molecular weight excluding hydrogens is 408 g/mol. The number of hydrogen-bond acceptors (Lipinski definition) is 9. The number of nitrogens with zero attached hydrogens (tertiary/aromatic N) is 1. The molecule has 0 radical (unpaired) electrons. The van der Waals surface area contributed by atoms with Crippen molar-refractivity contribution in [2.24, 2.45) is 5.92 Å². The zero-order chi connectivity index (χ0) is 22.9. The Morgan fingerprint density at radius 2 is 1.35 bits per heavy atom. The van der Waals surface area contributed by atoms with Crippen LogP contribution in [-0.4, -0.2) is 55.6 Å².